The van der Waals surface area contributed by atoms with Crippen molar-refractivity contribution in [2.24, 2.45) is 0 Å². The van der Waals surface area contributed by atoms with Crippen LogP contribution in [0.1, 0.15) is 18.9 Å². The van der Waals surface area contributed by atoms with Gasteiger partial charge in [0.05, 0.1) is 6.61 Å². The molecule has 0 fully saturated rings. The lowest BCUT2D eigenvalue weighted by molar-refractivity contribution is -0.225. The quantitative estimate of drug-likeness (QED) is 0.577. The van der Waals surface area contributed by atoms with Crippen molar-refractivity contribution >= 4 is 11.8 Å². The van der Waals surface area contributed by atoms with Gasteiger partial charge in [0.2, 0.25) is 0 Å². The molecule has 0 aliphatic carbocycles. The molecule has 0 radical (unpaired) electrons. The highest BCUT2D eigenvalue weighted by atomic mass is 19.4. The highest BCUT2D eigenvalue weighted by molar-refractivity contribution is 5.84. The number of para-hydroxylation sites is 1. The molecule has 3 nitrogen and oxygen atoms in total. The van der Waals surface area contributed by atoms with Crippen molar-refractivity contribution in [2.45, 2.75) is 26.1 Å². The van der Waals surface area contributed by atoms with Crippen LogP contribution in [0.3, 0.4) is 0 Å². The van der Waals surface area contributed by atoms with Gasteiger partial charge in [0.1, 0.15) is 6.54 Å². The molecular formula is C13H15F3NO2+. The van der Waals surface area contributed by atoms with Crippen molar-refractivity contribution in [3.05, 3.63) is 29.8 Å². The van der Waals surface area contributed by atoms with E-state index in [0.29, 0.717) is 18.4 Å². The van der Waals surface area contributed by atoms with E-state index in [-0.39, 0.29) is 18.8 Å². The van der Waals surface area contributed by atoms with Gasteiger partial charge in [-0.05, 0) is 13.3 Å². The Hall–Kier alpha value is -1.56. The largest absolute Gasteiger partial charge is 0.576 e. The van der Waals surface area contributed by atoms with Gasteiger partial charge >= 0.3 is 12.4 Å². The number of carbonyl (C=O) groups excluding carboxylic acids is 1. The van der Waals surface area contributed by atoms with Crippen molar-refractivity contribution in [2.75, 3.05) is 13.2 Å². The Morgan fingerprint density at radius 2 is 2.05 bits per heavy atom. The molecule has 0 aromatic heterocycles. The van der Waals surface area contributed by atoms with Crippen LogP contribution < -0.4 is 4.48 Å². The van der Waals surface area contributed by atoms with Gasteiger partial charge in [0.15, 0.2) is 5.69 Å². The van der Waals surface area contributed by atoms with E-state index in [0.717, 1.165) is 0 Å². The zero-order chi connectivity index (χ0) is 14.1. The van der Waals surface area contributed by atoms with Gasteiger partial charge in [0.25, 0.3) is 0 Å². The molecule has 2 rings (SSSR count). The van der Waals surface area contributed by atoms with Crippen LogP contribution in [0.4, 0.5) is 23.7 Å². The summed E-state index contributed by atoms with van der Waals surface area (Å²) in [6.07, 6.45) is -5.11. The van der Waals surface area contributed by atoms with Gasteiger partial charge in [-0.2, -0.15) is 4.79 Å². The second kappa shape index (κ2) is 4.85. The van der Waals surface area contributed by atoms with E-state index in [1.54, 1.807) is 12.1 Å². The van der Waals surface area contributed by atoms with Gasteiger partial charge in [-0.3, -0.25) is 0 Å². The number of nitrogens with zero attached hydrogens (tertiary/aromatic N) is 1. The van der Waals surface area contributed by atoms with Crippen LogP contribution in [-0.4, -0.2) is 25.5 Å². The molecule has 0 saturated heterocycles. The lowest BCUT2D eigenvalue weighted by Gasteiger charge is -2.37. The number of benzene rings is 1. The first kappa shape index (κ1) is 13.9. The number of hydrogen-bond donors (Lipinski definition) is 0. The van der Waals surface area contributed by atoms with Crippen LogP contribution in [0, 0.1) is 0 Å². The molecule has 6 heteroatoms. The number of amides is 1. The minimum Gasteiger partial charge on any atom is -0.420 e. The molecule has 1 atom stereocenters. The number of alkyl halides is 3. The second-order valence-electron chi connectivity index (χ2n) is 4.43. The second-order valence-corrected chi connectivity index (χ2v) is 4.43. The van der Waals surface area contributed by atoms with E-state index >= 15 is 0 Å². The number of ether oxygens (including phenoxy) is 1. The van der Waals surface area contributed by atoms with Crippen molar-refractivity contribution in [1.82, 2.24) is 4.48 Å². The zero-order valence-electron chi connectivity index (χ0n) is 10.5. The molecular weight excluding hydrogens is 259 g/mol. The first-order chi connectivity index (χ1) is 8.93. The maximum absolute atomic E-state index is 13.5. The van der Waals surface area contributed by atoms with Crippen LogP contribution in [0.5, 0.6) is 0 Å². The van der Waals surface area contributed by atoms with Crippen molar-refractivity contribution in [3.8, 4) is 0 Å². The molecule has 1 heterocycles. The molecule has 0 saturated carbocycles. The summed E-state index contributed by atoms with van der Waals surface area (Å²) >= 11 is 0. The smallest absolute Gasteiger partial charge is 0.420 e. The Morgan fingerprint density at radius 1 is 1.37 bits per heavy atom. The standard InChI is InChI=1S/C13H15F3NO2/c1-2-19-12(18)17(13(14,15)16)9-5-7-10-6-3-4-8-11(10)17/h3-4,6,8H,2,5,7,9H2,1H3/q+1. The minimum absolute atomic E-state index is 0.0142. The maximum atomic E-state index is 13.5. The third-order valence-corrected chi connectivity index (χ3v) is 3.35. The molecule has 1 aliphatic rings. The van der Waals surface area contributed by atoms with E-state index in [4.69, 9.17) is 0 Å². The molecule has 1 amide bonds. The predicted octanol–water partition coefficient (Wildman–Crippen LogP) is 3.62. The summed E-state index contributed by atoms with van der Waals surface area (Å²) in [6.45, 7) is 1.12. The first-order valence-electron chi connectivity index (χ1n) is 6.14. The Bertz CT molecular complexity index is 487. The third-order valence-electron chi connectivity index (χ3n) is 3.35. The fourth-order valence-electron chi connectivity index (χ4n) is 2.51. The monoisotopic (exact) mass is 274 g/mol. The lowest BCUT2D eigenvalue weighted by atomic mass is 10.00. The molecule has 104 valence electrons. The average Bonchev–Trinajstić information content (AvgIpc) is 2.36. The van der Waals surface area contributed by atoms with Crippen LogP contribution in [0.15, 0.2) is 24.3 Å². The number of quaternary nitrogens is 1. The van der Waals surface area contributed by atoms with Crippen LogP contribution >= 0.6 is 0 Å². The first-order valence-corrected chi connectivity index (χ1v) is 6.14. The number of fused-ring (bicyclic) bond motifs is 1. The molecule has 0 N–H and O–H groups in total. The summed E-state index contributed by atoms with van der Waals surface area (Å²) in [4.78, 5) is 12.0. The highest BCUT2D eigenvalue weighted by Gasteiger charge is 2.65. The number of aryl methyl sites for hydroxylation is 1. The summed E-state index contributed by atoms with van der Waals surface area (Å²) in [5.74, 6) is 0. The van der Waals surface area contributed by atoms with E-state index in [2.05, 4.69) is 4.74 Å². The fourth-order valence-corrected chi connectivity index (χ4v) is 2.51. The number of hydrogen-bond acceptors (Lipinski definition) is 2. The highest BCUT2D eigenvalue weighted by Crippen LogP contribution is 2.43. The van der Waals surface area contributed by atoms with Crippen LogP contribution in [0.2, 0.25) is 0 Å². The number of halogens is 3. The molecule has 0 bridgehead atoms. The normalized spacial score (nSPS) is 22.7. The molecule has 1 aliphatic heterocycles. The fraction of sp³-hybridized carbons (Fsp3) is 0.462. The summed E-state index contributed by atoms with van der Waals surface area (Å²) in [5, 5.41) is 0. The predicted molar refractivity (Wildman–Crippen MR) is 64.5 cm³/mol. The van der Waals surface area contributed by atoms with Gasteiger partial charge in [-0.15, -0.1) is 13.2 Å². The summed E-state index contributed by atoms with van der Waals surface area (Å²) in [6, 6.07) is 6.19. The number of carbonyl (C=O) groups is 1. The Labute approximate surface area is 109 Å². The van der Waals surface area contributed by atoms with E-state index in [1.165, 1.54) is 19.1 Å². The Kier molecular flexibility index (Phi) is 3.54. The van der Waals surface area contributed by atoms with Gasteiger partial charge in [0, 0.05) is 18.1 Å². The topological polar surface area (TPSA) is 26.3 Å². The van der Waals surface area contributed by atoms with Gasteiger partial charge in [-0.1, -0.05) is 22.7 Å². The third kappa shape index (κ3) is 2.10. The maximum Gasteiger partial charge on any atom is 0.576 e. The molecule has 1 aromatic carbocycles. The average molecular weight is 274 g/mol. The van der Waals surface area contributed by atoms with Crippen molar-refractivity contribution < 1.29 is 22.7 Å². The van der Waals surface area contributed by atoms with Gasteiger partial charge < -0.3 is 4.74 Å². The molecule has 0 spiro atoms. The van der Waals surface area contributed by atoms with E-state index in [9.17, 15) is 18.0 Å². The van der Waals surface area contributed by atoms with Crippen molar-refractivity contribution in [1.29, 1.82) is 0 Å². The van der Waals surface area contributed by atoms with Gasteiger partial charge in [-0.25, -0.2) is 0 Å². The summed E-state index contributed by atoms with van der Waals surface area (Å²) in [7, 11) is 0. The summed E-state index contributed by atoms with van der Waals surface area (Å²) in [5.41, 5.74) is 0.541. The molecule has 1 unspecified atom stereocenters. The Balaban J connectivity index is 2.61. The van der Waals surface area contributed by atoms with Crippen LogP contribution in [0.25, 0.3) is 0 Å². The van der Waals surface area contributed by atoms with E-state index < -0.39 is 16.9 Å². The minimum atomic E-state index is -4.71. The lowest BCUT2D eigenvalue weighted by Crippen LogP contribution is -2.65. The van der Waals surface area contributed by atoms with Crippen LogP contribution in [-0.2, 0) is 11.2 Å². The summed E-state index contributed by atoms with van der Waals surface area (Å²) < 4.78 is 43.5. The van der Waals surface area contributed by atoms with Crippen molar-refractivity contribution in [3.63, 3.8) is 0 Å². The zero-order valence-corrected chi connectivity index (χ0v) is 10.5. The molecule has 1 aromatic rings. The molecule has 19 heavy (non-hydrogen) atoms. The SMILES string of the molecule is CCOC(=O)[N+]1(C(F)(F)F)CCCc2ccccc21. The van der Waals surface area contributed by atoms with E-state index in [1.807, 2.05) is 0 Å². The Morgan fingerprint density at radius 3 is 2.68 bits per heavy atom. The number of rotatable bonds is 1.